The van der Waals surface area contributed by atoms with E-state index in [0.29, 0.717) is 12.5 Å². The Morgan fingerprint density at radius 2 is 1.74 bits per heavy atom. The van der Waals surface area contributed by atoms with Crippen molar-refractivity contribution in [2.45, 2.75) is 38.6 Å². The molecule has 2 rings (SSSR count). The topological polar surface area (TPSA) is 60.9 Å². The molecule has 1 saturated heterocycles. The van der Waals surface area contributed by atoms with E-state index in [1.807, 2.05) is 4.90 Å². The number of carboxylic acid groups (broad SMARTS) is 1. The van der Waals surface area contributed by atoms with Crippen LogP contribution in [0.15, 0.2) is 0 Å². The molecule has 0 spiro atoms. The van der Waals surface area contributed by atoms with Crippen molar-refractivity contribution in [1.29, 1.82) is 0 Å². The molecule has 19 heavy (non-hydrogen) atoms. The molecular weight excluding hydrogens is 244 g/mol. The molecule has 1 aliphatic carbocycles. The summed E-state index contributed by atoms with van der Waals surface area (Å²) in [7, 11) is 2.06. The second kappa shape index (κ2) is 5.90. The largest absolute Gasteiger partial charge is 0.481 e. The van der Waals surface area contributed by atoms with Crippen LogP contribution in [-0.2, 0) is 9.59 Å². The first-order valence-corrected chi connectivity index (χ1v) is 7.22. The monoisotopic (exact) mass is 268 g/mol. The molecule has 1 heterocycles. The van der Waals surface area contributed by atoms with Crippen LogP contribution < -0.4 is 0 Å². The van der Waals surface area contributed by atoms with Gasteiger partial charge in [0.25, 0.3) is 0 Å². The number of rotatable bonds is 2. The average molecular weight is 268 g/mol. The molecule has 3 atom stereocenters. The maximum atomic E-state index is 12.6. The first-order valence-electron chi connectivity index (χ1n) is 7.22. The summed E-state index contributed by atoms with van der Waals surface area (Å²) >= 11 is 0. The molecule has 1 N–H and O–H groups in total. The molecule has 1 aliphatic heterocycles. The van der Waals surface area contributed by atoms with Crippen molar-refractivity contribution in [3.05, 3.63) is 0 Å². The second-order valence-corrected chi connectivity index (χ2v) is 5.95. The number of nitrogens with zero attached hydrogens (tertiary/aromatic N) is 2. The number of carbonyl (C=O) groups is 2. The second-order valence-electron chi connectivity index (χ2n) is 5.95. The van der Waals surface area contributed by atoms with E-state index in [2.05, 4.69) is 18.9 Å². The van der Waals surface area contributed by atoms with Gasteiger partial charge < -0.3 is 14.9 Å². The van der Waals surface area contributed by atoms with Gasteiger partial charge >= 0.3 is 5.97 Å². The number of hydrogen-bond acceptors (Lipinski definition) is 3. The first-order chi connectivity index (χ1) is 9.00. The predicted molar refractivity (Wildman–Crippen MR) is 71.8 cm³/mol. The number of amides is 1. The van der Waals surface area contributed by atoms with E-state index in [1.54, 1.807) is 0 Å². The van der Waals surface area contributed by atoms with E-state index in [0.717, 1.165) is 38.9 Å². The van der Waals surface area contributed by atoms with Gasteiger partial charge in [-0.1, -0.05) is 12.8 Å². The molecule has 1 amide bonds. The maximum Gasteiger partial charge on any atom is 0.307 e. The molecule has 5 heteroatoms. The minimum absolute atomic E-state index is 0.0621. The van der Waals surface area contributed by atoms with Crippen molar-refractivity contribution < 1.29 is 14.7 Å². The molecule has 2 aliphatic rings. The standard InChI is InChI=1S/C14H24N2O3/c1-10-9-16(8-7-15(10)2)13(17)11-5-3-4-6-12(11)14(18)19/h10-12H,3-9H2,1-2H3,(H,18,19). The lowest BCUT2D eigenvalue weighted by atomic mass is 9.78. The Morgan fingerprint density at radius 1 is 1.11 bits per heavy atom. The number of aliphatic carboxylic acids is 1. The van der Waals surface area contributed by atoms with Crippen LogP contribution in [0.25, 0.3) is 0 Å². The molecule has 0 aromatic carbocycles. The predicted octanol–water partition coefficient (Wildman–Crippen LogP) is 1.04. The minimum atomic E-state index is -0.805. The van der Waals surface area contributed by atoms with Gasteiger partial charge in [0.1, 0.15) is 0 Å². The first kappa shape index (κ1) is 14.3. The summed E-state index contributed by atoms with van der Waals surface area (Å²) in [5, 5.41) is 9.27. The molecular formula is C14H24N2O3. The highest BCUT2D eigenvalue weighted by molar-refractivity contribution is 5.85. The zero-order valence-electron chi connectivity index (χ0n) is 11.8. The normalized spacial score (nSPS) is 33.2. The van der Waals surface area contributed by atoms with Crippen LogP contribution in [0.4, 0.5) is 0 Å². The van der Waals surface area contributed by atoms with Gasteiger partial charge in [-0.15, -0.1) is 0 Å². The summed E-state index contributed by atoms with van der Waals surface area (Å²) in [6.07, 6.45) is 3.29. The van der Waals surface area contributed by atoms with Crippen molar-refractivity contribution in [3.8, 4) is 0 Å². The maximum absolute atomic E-state index is 12.6. The van der Waals surface area contributed by atoms with Gasteiger partial charge in [0.2, 0.25) is 5.91 Å². The van der Waals surface area contributed by atoms with Crippen LogP contribution in [0.5, 0.6) is 0 Å². The number of carbonyl (C=O) groups excluding carboxylic acids is 1. The molecule has 5 nitrogen and oxygen atoms in total. The minimum Gasteiger partial charge on any atom is -0.481 e. The molecule has 0 bridgehead atoms. The third-order valence-corrected chi connectivity index (χ3v) is 4.67. The molecule has 1 saturated carbocycles. The summed E-state index contributed by atoms with van der Waals surface area (Å²) in [6, 6.07) is 0.351. The fraction of sp³-hybridized carbons (Fsp3) is 0.857. The van der Waals surface area contributed by atoms with Gasteiger partial charge in [0, 0.05) is 25.7 Å². The Morgan fingerprint density at radius 3 is 2.32 bits per heavy atom. The summed E-state index contributed by atoms with van der Waals surface area (Å²) in [5.41, 5.74) is 0. The Hall–Kier alpha value is -1.10. The average Bonchev–Trinajstić information content (AvgIpc) is 2.41. The van der Waals surface area contributed by atoms with Gasteiger partial charge in [0.15, 0.2) is 0 Å². The molecule has 3 unspecified atom stereocenters. The lowest BCUT2D eigenvalue weighted by Crippen LogP contribution is -2.54. The SMILES string of the molecule is CC1CN(C(=O)C2CCCCC2C(=O)O)CCN1C. The van der Waals surface area contributed by atoms with E-state index in [1.165, 1.54) is 0 Å². The van der Waals surface area contributed by atoms with Gasteiger partial charge in [-0.25, -0.2) is 0 Å². The number of carboxylic acids is 1. The Bertz CT molecular complexity index is 359. The van der Waals surface area contributed by atoms with Crippen LogP contribution in [0, 0.1) is 11.8 Å². The van der Waals surface area contributed by atoms with E-state index in [-0.39, 0.29) is 11.8 Å². The zero-order valence-corrected chi connectivity index (χ0v) is 11.8. The van der Waals surface area contributed by atoms with Crippen molar-refractivity contribution in [2.24, 2.45) is 11.8 Å². The third kappa shape index (κ3) is 3.08. The number of likely N-dealkylation sites (N-methyl/N-ethyl adjacent to an activating group) is 1. The van der Waals surface area contributed by atoms with E-state index in [9.17, 15) is 14.7 Å². The molecule has 0 radical (unpaired) electrons. The highest BCUT2D eigenvalue weighted by atomic mass is 16.4. The lowest BCUT2D eigenvalue weighted by Gasteiger charge is -2.40. The smallest absolute Gasteiger partial charge is 0.307 e. The summed E-state index contributed by atoms with van der Waals surface area (Å²) in [4.78, 5) is 28.0. The summed E-state index contributed by atoms with van der Waals surface area (Å²) < 4.78 is 0. The van der Waals surface area contributed by atoms with Gasteiger partial charge in [0.05, 0.1) is 11.8 Å². The number of piperazine rings is 1. The van der Waals surface area contributed by atoms with Crippen molar-refractivity contribution in [2.75, 3.05) is 26.7 Å². The van der Waals surface area contributed by atoms with E-state index >= 15 is 0 Å². The van der Waals surface area contributed by atoms with E-state index in [4.69, 9.17) is 0 Å². The van der Waals surface area contributed by atoms with Gasteiger partial charge in [-0.05, 0) is 26.8 Å². The van der Waals surface area contributed by atoms with Crippen molar-refractivity contribution >= 4 is 11.9 Å². The highest BCUT2D eigenvalue weighted by Gasteiger charge is 2.38. The van der Waals surface area contributed by atoms with E-state index < -0.39 is 11.9 Å². The fourth-order valence-corrected chi connectivity index (χ4v) is 3.21. The Kier molecular flexibility index (Phi) is 4.45. The zero-order chi connectivity index (χ0) is 14.0. The molecule has 2 fully saturated rings. The molecule has 0 aromatic rings. The van der Waals surface area contributed by atoms with Crippen LogP contribution in [0.2, 0.25) is 0 Å². The van der Waals surface area contributed by atoms with Gasteiger partial charge in [-0.2, -0.15) is 0 Å². The quantitative estimate of drug-likeness (QED) is 0.813. The van der Waals surface area contributed by atoms with Gasteiger partial charge in [-0.3, -0.25) is 9.59 Å². The Balaban J connectivity index is 2.03. The molecule has 108 valence electrons. The van der Waals surface area contributed by atoms with Crippen LogP contribution in [0.3, 0.4) is 0 Å². The Labute approximate surface area is 114 Å². The van der Waals surface area contributed by atoms with Crippen molar-refractivity contribution in [1.82, 2.24) is 9.80 Å². The number of hydrogen-bond donors (Lipinski definition) is 1. The molecule has 0 aromatic heterocycles. The van der Waals surface area contributed by atoms with Crippen molar-refractivity contribution in [3.63, 3.8) is 0 Å². The summed E-state index contributed by atoms with van der Waals surface area (Å²) in [6.45, 7) is 4.42. The van der Waals surface area contributed by atoms with Crippen LogP contribution in [-0.4, -0.2) is 59.5 Å². The fourth-order valence-electron chi connectivity index (χ4n) is 3.21. The third-order valence-electron chi connectivity index (χ3n) is 4.67. The van der Waals surface area contributed by atoms with Crippen LogP contribution >= 0.6 is 0 Å². The lowest BCUT2D eigenvalue weighted by molar-refractivity contribution is -0.153. The highest BCUT2D eigenvalue weighted by Crippen LogP contribution is 2.32. The van der Waals surface area contributed by atoms with Crippen LogP contribution in [0.1, 0.15) is 32.6 Å². The summed E-state index contributed by atoms with van der Waals surface area (Å²) in [5.74, 6) is -1.52.